The van der Waals surface area contributed by atoms with Crippen LogP contribution in [0.25, 0.3) is 0 Å². The third-order valence-electron chi connectivity index (χ3n) is 5.07. The number of fused-ring (bicyclic) bond motifs is 1. The molecule has 0 radical (unpaired) electrons. The molecule has 2 amide bonds. The highest BCUT2D eigenvalue weighted by Crippen LogP contribution is 2.30. The Morgan fingerprint density at radius 1 is 0.897 bits per heavy atom. The maximum Gasteiger partial charge on any atom is 0.234 e. The van der Waals surface area contributed by atoms with Crippen LogP contribution in [0.3, 0.4) is 0 Å². The first-order valence-electron chi connectivity index (χ1n) is 9.72. The lowest BCUT2D eigenvalue weighted by Crippen LogP contribution is -2.40. The van der Waals surface area contributed by atoms with Gasteiger partial charge in [-0.1, -0.05) is 78.9 Å². The van der Waals surface area contributed by atoms with Crippen molar-refractivity contribution in [3.8, 4) is 0 Å². The summed E-state index contributed by atoms with van der Waals surface area (Å²) in [5.41, 5.74) is 3.87. The van der Waals surface area contributed by atoms with E-state index in [9.17, 15) is 9.59 Å². The van der Waals surface area contributed by atoms with E-state index in [1.165, 1.54) is 0 Å². The number of nitrogens with one attached hydrogen (secondary N) is 3. The van der Waals surface area contributed by atoms with E-state index < -0.39 is 0 Å². The molecule has 3 aromatic carbocycles. The molecule has 4 rings (SSSR count). The van der Waals surface area contributed by atoms with Gasteiger partial charge in [-0.2, -0.15) is 0 Å². The van der Waals surface area contributed by atoms with Gasteiger partial charge in [-0.3, -0.25) is 14.9 Å². The van der Waals surface area contributed by atoms with Crippen LogP contribution in [0.5, 0.6) is 0 Å². The normalized spacial score (nSPS) is 15.5. The van der Waals surface area contributed by atoms with E-state index in [1.807, 2.05) is 84.9 Å². The first kappa shape index (κ1) is 18.9. The number of benzene rings is 3. The van der Waals surface area contributed by atoms with Gasteiger partial charge in [0, 0.05) is 5.69 Å². The van der Waals surface area contributed by atoms with E-state index in [0.29, 0.717) is 0 Å². The van der Waals surface area contributed by atoms with E-state index in [0.717, 1.165) is 22.4 Å². The molecule has 0 aliphatic carbocycles. The number of amides is 2. The molecule has 0 spiro atoms. The number of anilines is 1. The molecule has 0 fully saturated rings. The minimum atomic E-state index is -0.318. The number of rotatable bonds is 6. The minimum Gasteiger partial charge on any atom is -0.348 e. The first-order chi connectivity index (χ1) is 14.2. The summed E-state index contributed by atoms with van der Waals surface area (Å²) in [6.07, 6.45) is 0.240. The van der Waals surface area contributed by atoms with Crippen LogP contribution in [0.1, 0.15) is 35.2 Å². The van der Waals surface area contributed by atoms with Crippen LogP contribution in [0.4, 0.5) is 5.69 Å². The van der Waals surface area contributed by atoms with Crippen LogP contribution in [0.15, 0.2) is 84.9 Å². The van der Waals surface area contributed by atoms with Crippen LogP contribution in [0.2, 0.25) is 0 Å². The van der Waals surface area contributed by atoms with Crippen LogP contribution in [-0.2, 0) is 9.59 Å². The summed E-state index contributed by atoms with van der Waals surface area (Å²) in [6.45, 7) is 0.148. The summed E-state index contributed by atoms with van der Waals surface area (Å²) < 4.78 is 0. The Hall–Kier alpha value is -3.44. The van der Waals surface area contributed by atoms with Gasteiger partial charge in [0.1, 0.15) is 0 Å². The molecule has 1 aliphatic rings. The van der Waals surface area contributed by atoms with E-state index in [-0.39, 0.29) is 36.9 Å². The van der Waals surface area contributed by atoms with Gasteiger partial charge in [0.25, 0.3) is 0 Å². The van der Waals surface area contributed by atoms with Crippen molar-refractivity contribution in [1.82, 2.24) is 10.6 Å². The van der Waals surface area contributed by atoms with Crippen molar-refractivity contribution in [2.75, 3.05) is 11.9 Å². The maximum atomic E-state index is 12.7. The molecule has 1 atom stereocenters. The van der Waals surface area contributed by atoms with E-state index in [4.69, 9.17) is 0 Å². The molecule has 1 aliphatic heterocycles. The Kier molecular flexibility index (Phi) is 5.68. The lowest BCUT2D eigenvalue weighted by molar-refractivity contribution is -0.121. The lowest BCUT2D eigenvalue weighted by atomic mass is 9.97. The van der Waals surface area contributed by atoms with Gasteiger partial charge in [-0.25, -0.2) is 0 Å². The second-order valence-corrected chi connectivity index (χ2v) is 7.09. The van der Waals surface area contributed by atoms with Crippen molar-refractivity contribution in [2.24, 2.45) is 0 Å². The SMILES string of the molecule is O=C1CC(NC(=O)CNC(c2ccccc2)c2ccccc2)c2ccccc2N1. The van der Waals surface area contributed by atoms with E-state index in [1.54, 1.807) is 0 Å². The molecule has 29 heavy (non-hydrogen) atoms. The Labute approximate surface area is 170 Å². The largest absolute Gasteiger partial charge is 0.348 e. The fourth-order valence-corrected chi connectivity index (χ4v) is 3.70. The fourth-order valence-electron chi connectivity index (χ4n) is 3.70. The fraction of sp³-hybridized carbons (Fsp3) is 0.167. The number of carbonyl (C=O) groups excluding carboxylic acids is 2. The number of hydrogen-bond donors (Lipinski definition) is 3. The summed E-state index contributed by atoms with van der Waals surface area (Å²) in [4.78, 5) is 24.7. The second kappa shape index (κ2) is 8.71. The van der Waals surface area contributed by atoms with Gasteiger partial charge < -0.3 is 10.6 Å². The Balaban J connectivity index is 1.46. The van der Waals surface area contributed by atoms with Crippen LogP contribution in [0, 0.1) is 0 Å². The summed E-state index contributed by atoms with van der Waals surface area (Å²) in [5.74, 6) is -0.232. The van der Waals surface area contributed by atoms with Crippen molar-refractivity contribution in [3.63, 3.8) is 0 Å². The summed E-state index contributed by atoms with van der Waals surface area (Å²) in [6, 6.07) is 27.3. The summed E-state index contributed by atoms with van der Waals surface area (Å²) >= 11 is 0. The van der Waals surface area contributed by atoms with Gasteiger partial charge in [-0.15, -0.1) is 0 Å². The average molecular weight is 385 g/mol. The maximum absolute atomic E-state index is 12.7. The number of hydrogen-bond acceptors (Lipinski definition) is 3. The summed E-state index contributed by atoms with van der Waals surface area (Å²) in [7, 11) is 0. The Morgan fingerprint density at radius 3 is 2.14 bits per heavy atom. The van der Waals surface area contributed by atoms with Crippen molar-refractivity contribution < 1.29 is 9.59 Å². The molecule has 1 heterocycles. The molecular formula is C24H23N3O2. The van der Waals surface area contributed by atoms with Gasteiger partial charge in [0.2, 0.25) is 11.8 Å². The topological polar surface area (TPSA) is 70.2 Å². The number of carbonyl (C=O) groups is 2. The van der Waals surface area contributed by atoms with E-state index in [2.05, 4.69) is 16.0 Å². The molecule has 0 bridgehead atoms. The molecule has 0 aromatic heterocycles. The quantitative estimate of drug-likeness (QED) is 0.608. The van der Waals surface area contributed by atoms with Gasteiger partial charge >= 0.3 is 0 Å². The molecule has 0 saturated carbocycles. The van der Waals surface area contributed by atoms with Crippen LogP contribution < -0.4 is 16.0 Å². The highest BCUT2D eigenvalue weighted by atomic mass is 16.2. The highest BCUT2D eigenvalue weighted by Gasteiger charge is 2.26. The van der Waals surface area contributed by atoms with Crippen molar-refractivity contribution >= 4 is 17.5 Å². The number of para-hydroxylation sites is 1. The zero-order valence-electron chi connectivity index (χ0n) is 16.0. The van der Waals surface area contributed by atoms with Crippen molar-refractivity contribution in [1.29, 1.82) is 0 Å². The zero-order valence-corrected chi connectivity index (χ0v) is 16.0. The Morgan fingerprint density at radius 2 is 1.48 bits per heavy atom. The minimum absolute atomic E-state index is 0.0894. The third-order valence-corrected chi connectivity index (χ3v) is 5.07. The third kappa shape index (κ3) is 4.52. The van der Waals surface area contributed by atoms with Gasteiger partial charge in [0.15, 0.2) is 0 Å². The zero-order chi connectivity index (χ0) is 20.1. The van der Waals surface area contributed by atoms with E-state index >= 15 is 0 Å². The van der Waals surface area contributed by atoms with Crippen LogP contribution in [-0.4, -0.2) is 18.4 Å². The van der Waals surface area contributed by atoms with Crippen LogP contribution >= 0.6 is 0 Å². The molecule has 146 valence electrons. The molecule has 3 aromatic rings. The van der Waals surface area contributed by atoms with Crippen molar-refractivity contribution in [3.05, 3.63) is 102 Å². The molecule has 1 unspecified atom stereocenters. The first-order valence-corrected chi connectivity index (χ1v) is 9.72. The van der Waals surface area contributed by atoms with Crippen molar-refractivity contribution in [2.45, 2.75) is 18.5 Å². The molecule has 3 N–H and O–H groups in total. The standard InChI is InChI=1S/C24H23N3O2/c28-22-15-21(19-13-7-8-14-20(19)26-22)27-23(29)16-25-24(17-9-3-1-4-10-17)18-11-5-2-6-12-18/h1-14,21,24-25H,15-16H2,(H,26,28)(H,27,29). The van der Waals surface area contributed by atoms with Gasteiger partial charge in [0.05, 0.1) is 25.0 Å². The molecule has 5 nitrogen and oxygen atoms in total. The monoisotopic (exact) mass is 385 g/mol. The predicted molar refractivity (Wildman–Crippen MR) is 113 cm³/mol. The second-order valence-electron chi connectivity index (χ2n) is 7.09. The highest BCUT2D eigenvalue weighted by molar-refractivity contribution is 5.95. The smallest absolute Gasteiger partial charge is 0.234 e. The van der Waals surface area contributed by atoms with Gasteiger partial charge in [-0.05, 0) is 22.8 Å². The molecular weight excluding hydrogens is 362 g/mol. The lowest BCUT2D eigenvalue weighted by Gasteiger charge is -2.27. The Bertz CT molecular complexity index is 950. The molecule has 0 saturated heterocycles. The molecule has 5 heteroatoms. The predicted octanol–water partition coefficient (Wildman–Crippen LogP) is 3.57. The average Bonchev–Trinajstić information content (AvgIpc) is 2.75. The summed E-state index contributed by atoms with van der Waals surface area (Å²) in [5, 5.41) is 9.22.